The number of rotatable bonds is 3. The minimum atomic E-state index is -0.392. The molecule has 0 aliphatic carbocycles. The highest BCUT2D eigenvalue weighted by molar-refractivity contribution is 9.10. The van der Waals surface area contributed by atoms with Crippen LogP contribution in [-0.2, 0) is 0 Å². The van der Waals surface area contributed by atoms with Crippen LogP contribution < -0.4 is 5.43 Å². The van der Waals surface area contributed by atoms with Crippen LogP contribution in [0.1, 0.15) is 27.9 Å². The van der Waals surface area contributed by atoms with Gasteiger partial charge in [0.1, 0.15) is 11.8 Å². The van der Waals surface area contributed by atoms with Crippen molar-refractivity contribution < 1.29 is 13.6 Å². The summed E-state index contributed by atoms with van der Waals surface area (Å²) in [5.74, 6) is 0.574. The number of carbonyl (C=O) groups is 1. The lowest BCUT2D eigenvalue weighted by Gasteiger charge is -2.22. The molecule has 2 aromatic heterocycles. The zero-order chi connectivity index (χ0) is 17.4. The fourth-order valence-corrected chi connectivity index (χ4v) is 3.09. The van der Waals surface area contributed by atoms with Crippen LogP contribution in [0.2, 0.25) is 5.02 Å². The Morgan fingerprint density at radius 2 is 1.96 bits per heavy atom. The van der Waals surface area contributed by atoms with Crippen LogP contribution in [-0.4, -0.2) is 10.9 Å². The summed E-state index contributed by atoms with van der Waals surface area (Å²) in [6.07, 6.45) is 3.51. The summed E-state index contributed by atoms with van der Waals surface area (Å²) in [5.41, 5.74) is 4.84. The molecular formula is C18H12BrClN2O3. The second-order valence-corrected chi connectivity index (χ2v) is 6.66. The number of hydrogen-bond acceptors (Lipinski definition) is 4. The number of furan rings is 2. The Labute approximate surface area is 157 Å². The Bertz CT molecular complexity index is 932. The first-order valence-corrected chi connectivity index (χ1v) is 8.65. The molecule has 1 aliphatic rings. The highest BCUT2D eigenvalue weighted by atomic mass is 79.9. The standard InChI is InChI=1S/C18H12BrClN2O3/c19-17-8-7-16(25-17)18(23)22-14(15-2-1-9-24-15)10-13(21-22)11-3-5-12(20)6-4-11/h1-10,14,21H/t14-/m0/s1. The van der Waals surface area contributed by atoms with E-state index < -0.39 is 6.04 Å². The van der Waals surface area contributed by atoms with Gasteiger partial charge in [0.15, 0.2) is 10.4 Å². The molecule has 7 heteroatoms. The van der Waals surface area contributed by atoms with Gasteiger partial charge in [-0.3, -0.25) is 10.2 Å². The van der Waals surface area contributed by atoms with Gasteiger partial charge in [-0.05, 0) is 64.0 Å². The average molecular weight is 420 g/mol. The minimum Gasteiger partial charge on any atom is -0.467 e. The van der Waals surface area contributed by atoms with Crippen LogP contribution in [0.25, 0.3) is 5.70 Å². The van der Waals surface area contributed by atoms with Gasteiger partial charge >= 0.3 is 5.91 Å². The maximum absolute atomic E-state index is 12.8. The Balaban J connectivity index is 1.69. The molecule has 0 spiro atoms. The molecule has 0 unspecified atom stereocenters. The van der Waals surface area contributed by atoms with Crippen LogP contribution >= 0.6 is 27.5 Å². The SMILES string of the molecule is O=C(c1ccc(Br)o1)N1NC(c2ccc(Cl)cc2)=C[C@H]1c1ccco1. The monoisotopic (exact) mass is 418 g/mol. The molecule has 4 rings (SSSR count). The average Bonchev–Trinajstić information content (AvgIpc) is 3.34. The maximum atomic E-state index is 12.8. The summed E-state index contributed by atoms with van der Waals surface area (Å²) in [7, 11) is 0. The highest BCUT2D eigenvalue weighted by Crippen LogP contribution is 2.33. The van der Waals surface area contributed by atoms with E-state index in [4.69, 9.17) is 20.4 Å². The molecular weight excluding hydrogens is 408 g/mol. The summed E-state index contributed by atoms with van der Waals surface area (Å²) in [5, 5.41) is 2.13. The number of nitrogens with zero attached hydrogens (tertiary/aromatic N) is 1. The Kier molecular flexibility index (Phi) is 4.15. The van der Waals surface area contributed by atoms with Crippen LogP contribution in [0.4, 0.5) is 0 Å². The van der Waals surface area contributed by atoms with Gasteiger partial charge in [0.25, 0.3) is 0 Å². The predicted octanol–water partition coefficient (Wildman–Crippen LogP) is 5.03. The molecule has 0 saturated carbocycles. The molecule has 1 aromatic carbocycles. The van der Waals surface area contributed by atoms with Crippen molar-refractivity contribution >= 4 is 39.1 Å². The molecule has 0 bridgehead atoms. The van der Waals surface area contributed by atoms with Gasteiger partial charge in [-0.1, -0.05) is 23.7 Å². The number of benzene rings is 1. The third kappa shape index (κ3) is 3.10. The number of nitrogens with one attached hydrogen (secondary N) is 1. The van der Waals surface area contributed by atoms with Crippen molar-refractivity contribution in [2.45, 2.75) is 6.04 Å². The molecule has 0 fully saturated rings. The maximum Gasteiger partial charge on any atom is 0.308 e. The molecule has 1 amide bonds. The number of hydrogen-bond donors (Lipinski definition) is 1. The van der Waals surface area contributed by atoms with Gasteiger partial charge in [-0.25, -0.2) is 5.01 Å². The molecule has 1 aliphatic heterocycles. The molecule has 1 atom stereocenters. The van der Waals surface area contributed by atoms with Gasteiger partial charge in [0.2, 0.25) is 0 Å². The molecule has 3 aromatic rings. The number of halogens is 2. The quantitative estimate of drug-likeness (QED) is 0.647. The van der Waals surface area contributed by atoms with Crippen molar-refractivity contribution in [3.8, 4) is 0 Å². The Morgan fingerprint density at radius 1 is 1.16 bits per heavy atom. The molecule has 0 saturated heterocycles. The van der Waals surface area contributed by atoms with E-state index in [9.17, 15) is 4.79 Å². The third-order valence-corrected chi connectivity index (χ3v) is 4.51. The van der Waals surface area contributed by atoms with Crippen LogP contribution in [0.15, 0.2) is 74.4 Å². The topological polar surface area (TPSA) is 58.6 Å². The summed E-state index contributed by atoms with van der Waals surface area (Å²) in [6, 6.07) is 13.9. The summed E-state index contributed by atoms with van der Waals surface area (Å²) in [4.78, 5) is 12.8. The van der Waals surface area contributed by atoms with E-state index in [1.807, 2.05) is 24.3 Å². The van der Waals surface area contributed by atoms with Crippen LogP contribution in [0, 0.1) is 0 Å². The fourth-order valence-electron chi connectivity index (χ4n) is 2.65. The van der Waals surface area contributed by atoms with Crippen molar-refractivity contribution in [1.29, 1.82) is 0 Å². The second kappa shape index (κ2) is 6.46. The first kappa shape index (κ1) is 16.1. The molecule has 25 heavy (non-hydrogen) atoms. The predicted molar refractivity (Wildman–Crippen MR) is 96.6 cm³/mol. The first-order valence-electron chi connectivity index (χ1n) is 7.48. The largest absolute Gasteiger partial charge is 0.467 e. The summed E-state index contributed by atoms with van der Waals surface area (Å²) >= 11 is 9.17. The normalized spacial score (nSPS) is 16.6. The molecule has 3 heterocycles. The highest BCUT2D eigenvalue weighted by Gasteiger charge is 2.34. The zero-order valence-corrected chi connectivity index (χ0v) is 15.1. The van der Waals surface area contributed by atoms with Crippen molar-refractivity contribution in [2.24, 2.45) is 0 Å². The van der Waals surface area contributed by atoms with Crippen molar-refractivity contribution in [2.75, 3.05) is 0 Å². The van der Waals surface area contributed by atoms with Crippen molar-refractivity contribution in [3.05, 3.63) is 87.6 Å². The van der Waals surface area contributed by atoms with Crippen LogP contribution in [0.3, 0.4) is 0 Å². The van der Waals surface area contributed by atoms with Crippen molar-refractivity contribution in [3.63, 3.8) is 0 Å². The third-order valence-electron chi connectivity index (χ3n) is 3.84. The van der Waals surface area contributed by atoms with Crippen LogP contribution in [0.5, 0.6) is 0 Å². The van der Waals surface area contributed by atoms with E-state index in [1.54, 1.807) is 36.6 Å². The van der Waals surface area contributed by atoms with E-state index in [0.717, 1.165) is 11.3 Å². The Morgan fingerprint density at radius 3 is 2.60 bits per heavy atom. The van der Waals surface area contributed by atoms with E-state index in [2.05, 4.69) is 21.4 Å². The number of hydrazine groups is 1. The van der Waals surface area contributed by atoms with Gasteiger partial charge in [-0.15, -0.1) is 0 Å². The second-order valence-electron chi connectivity index (χ2n) is 5.44. The lowest BCUT2D eigenvalue weighted by Crippen LogP contribution is -2.39. The first-order chi connectivity index (χ1) is 12.1. The molecule has 126 valence electrons. The van der Waals surface area contributed by atoms with Gasteiger partial charge in [0, 0.05) is 5.02 Å². The summed E-state index contributed by atoms with van der Waals surface area (Å²) < 4.78 is 11.4. The summed E-state index contributed by atoms with van der Waals surface area (Å²) in [6.45, 7) is 0. The molecule has 5 nitrogen and oxygen atoms in total. The van der Waals surface area contributed by atoms with E-state index in [0.29, 0.717) is 15.5 Å². The van der Waals surface area contributed by atoms with Gasteiger partial charge < -0.3 is 8.83 Å². The smallest absolute Gasteiger partial charge is 0.308 e. The fraction of sp³-hybridized carbons (Fsp3) is 0.0556. The Hall–Kier alpha value is -2.44. The minimum absolute atomic E-state index is 0.224. The van der Waals surface area contributed by atoms with E-state index in [-0.39, 0.29) is 11.7 Å². The van der Waals surface area contributed by atoms with E-state index >= 15 is 0 Å². The zero-order valence-electron chi connectivity index (χ0n) is 12.8. The number of amides is 1. The molecule has 1 N–H and O–H groups in total. The van der Waals surface area contributed by atoms with Crippen molar-refractivity contribution in [1.82, 2.24) is 10.4 Å². The molecule has 0 radical (unpaired) electrons. The van der Waals surface area contributed by atoms with Gasteiger partial charge in [0.05, 0.1) is 12.0 Å². The van der Waals surface area contributed by atoms with Gasteiger partial charge in [-0.2, -0.15) is 0 Å². The number of carbonyl (C=O) groups excluding carboxylic acids is 1. The lowest BCUT2D eigenvalue weighted by molar-refractivity contribution is 0.0620. The lowest BCUT2D eigenvalue weighted by atomic mass is 10.1. The van der Waals surface area contributed by atoms with E-state index in [1.165, 1.54) is 5.01 Å².